The minimum absolute atomic E-state index is 0.132. The Kier molecular flexibility index (Phi) is 4.84. The maximum absolute atomic E-state index is 12.7. The van der Waals surface area contributed by atoms with Crippen LogP contribution in [0.5, 0.6) is 5.75 Å². The van der Waals surface area contributed by atoms with Crippen LogP contribution in [0.15, 0.2) is 63.6 Å². The van der Waals surface area contributed by atoms with Crippen LogP contribution in [-0.2, 0) is 15.9 Å². The highest BCUT2D eigenvalue weighted by Gasteiger charge is 2.20. The first-order valence-corrected chi connectivity index (χ1v) is 8.51. The number of anilines is 1. The molecule has 124 valence electrons. The molecule has 0 bridgehead atoms. The molecule has 8 heteroatoms. The number of hydrogen-bond acceptors (Lipinski definition) is 5. The smallest absolute Gasteiger partial charge is 0.152 e. The number of halogens is 1. The van der Waals surface area contributed by atoms with Crippen molar-refractivity contribution in [2.24, 2.45) is 11.1 Å². The summed E-state index contributed by atoms with van der Waals surface area (Å²) in [7, 11) is -1.61. The van der Waals surface area contributed by atoms with Gasteiger partial charge in [-0.1, -0.05) is 35.0 Å². The zero-order valence-electron chi connectivity index (χ0n) is 12.4. The van der Waals surface area contributed by atoms with Crippen LogP contribution < -0.4 is 10.6 Å². The molecule has 1 unspecified atom stereocenters. The Labute approximate surface area is 145 Å². The van der Waals surface area contributed by atoms with E-state index in [0.29, 0.717) is 21.3 Å². The summed E-state index contributed by atoms with van der Waals surface area (Å²) in [5.74, 6) is 5.12. The number of nitrogens with two attached hydrogens (primary N) is 1. The average Bonchev–Trinajstić information content (AvgIpc) is 2.56. The molecule has 1 atom stereocenters. The predicted molar refractivity (Wildman–Crippen MR) is 96.7 cm³/mol. The molecule has 2 aromatic carbocycles. The molecule has 6 nitrogen and oxygen atoms in total. The van der Waals surface area contributed by atoms with Gasteiger partial charge in [0.1, 0.15) is 11.5 Å². The lowest BCUT2D eigenvalue weighted by atomic mass is 10.1. The molecular formula is C16H14ClN3O3S. The van der Waals surface area contributed by atoms with Crippen molar-refractivity contribution in [3.8, 4) is 5.75 Å². The molecule has 3 rings (SSSR count). The summed E-state index contributed by atoms with van der Waals surface area (Å²) in [5.41, 5.74) is 1.01. The molecule has 0 spiro atoms. The summed E-state index contributed by atoms with van der Waals surface area (Å²) in [6.45, 7) is 0. The van der Waals surface area contributed by atoms with Crippen LogP contribution in [0.3, 0.4) is 0 Å². The zero-order chi connectivity index (χ0) is 17.1. The van der Waals surface area contributed by atoms with Gasteiger partial charge in [-0.3, -0.25) is 0 Å². The minimum atomic E-state index is -1.61. The summed E-state index contributed by atoms with van der Waals surface area (Å²) in [6, 6.07) is 10.5. The van der Waals surface area contributed by atoms with Crippen LogP contribution in [-0.4, -0.2) is 15.0 Å². The molecule has 2 aromatic rings. The fourth-order valence-electron chi connectivity index (χ4n) is 2.38. The molecular weight excluding hydrogens is 350 g/mol. The Hall–Kier alpha value is -2.35. The fourth-order valence-corrected chi connectivity index (χ4v) is 3.57. The molecule has 0 aliphatic heterocycles. The Bertz CT molecular complexity index is 909. The van der Waals surface area contributed by atoms with Gasteiger partial charge in [-0.2, -0.15) is 0 Å². The number of allylic oxidation sites excluding steroid dienone is 4. The topological polar surface area (TPSA) is 96.9 Å². The van der Waals surface area contributed by atoms with Crippen LogP contribution >= 0.6 is 11.6 Å². The number of phenols is 1. The summed E-state index contributed by atoms with van der Waals surface area (Å²) in [6.07, 6.45) is 3.55. The van der Waals surface area contributed by atoms with Crippen molar-refractivity contribution >= 4 is 44.8 Å². The van der Waals surface area contributed by atoms with E-state index in [9.17, 15) is 9.32 Å². The Morgan fingerprint density at radius 3 is 2.92 bits per heavy atom. The summed E-state index contributed by atoms with van der Waals surface area (Å²) in [4.78, 5) is 4.73. The van der Waals surface area contributed by atoms with E-state index >= 15 is 0 Å². The molecule has 0 radical (unpaired) electrons. The maximum Gasteiger partial charge on any atom is 0.152 e. The third-order valence-electron chi connectivity index (χ3n) is 3.47. The second-order valence-corrected chi connectivity index (χ2v) is 6.71. The quantitative estimate of drug-likeness (QED) is 0.726. The second kappa shape index (κ2) is 7.04. The van der Waals surface area contributed by atoms with E-state index in [2.05, 4.69) is 14.8 Å². The molecule has 0 saturated heterocycles. The van der Waals surface area contributed by atoms with Crippen molar-refractivity contribution in [1.29, 1.82) is 0 Å². The monoisotopic (exact) mass is 363 g/mol. The standard InChI is InChI=1S/C16H14ClN3O3S/c17-11-5-7-16(15(8-11)19-23-18)24(22)20-14-3-1-2-10-4-6-12(21)9-13(10)14/h1-7,9,20-21H,8,18H2/b19-15+. The van der Waals surface area contributed by atoms with E-state index in [1.807, 2.05) is 12.1 Å². The molecule has 0 heterocycles. The molecule has 24 heavy (non-hydrogen) atoms. The summed E-state index contributed by atoms with van der Waals surface area (Å²) < 4.78 is 15.6. The Balaban J connectivity index is 1.95. The maximum atomic E-state index is 12.7. The number of nitrogens with one attached hydrogen (secondary N) is 1. The van der Waals surface area contributed by atoms with Gasteiger partial charge >= 0.3 is 0 Å². The Morgan fingerprint density at radius 2 is 2.12 bits per heavy atom. The van der Waals surface area contributed by atoms with Crippen molar-refractivity contribution in [3.05, 3.63) is 58.5 Å². The van der Waals surface area contributed by atoms with E-state index in [1.54, 1.807) is 36.4 Å². The van der Waals surface area contributed by atoms with E-state index in [0.717, 1.165) is 10.8 Å². The van der Waals surface area contributed by atoms with Crippen LogP contribution in [0.1, 0.15) is 6.42 Å². The van der Waals surface area contributed by atoms with Gasteiger partial charge in [0.05, 0.1) is 10.6 Å². The second-order valence-electron chi connectivity index (χ2n) is 5.05. The number of fused-ring (bicyclic) bond motifs is 1. The van der Waals surface area contributed by atoms with Gasteiger partial charge in [0.25, 0.3) is 0 Å². The van der Waals surface area contributed by atoms with Crippen LogP contribution in [0.4, 0.5) is 5.69 Å². The molecule has 0 aromatic heterocycles. The summed E-state index contributed by atoms with van der Waals surface area (Å²) in [5, 5.41) is 15.6. The van der Waals surface area contributed by atoms with Crippen molar-refractivity contribution in [3.63, 3.8) is 0 Å². The average molecular weight is 364 g/mol. The third-order valence-corrected chi connectivity index (χ3v) is 4.90. The normalized spacial score (nSPS) is 17.3. The van der Waals surface area contributed by atoms with Gasteiger partial charge in [0.15, 0.2) is 11.0 Å². The number of hydrogen-bond donors (Lipinski definition) is 3. The van der Waals surface area contributed by atoms with Gasteiger partial charge in [0.2, 0.25) is 0 Å². The number of nitrogens with zero attached hydrogens (tertiary/aromatic N) is 1. The molecule has 4 N–H and O–H groups in total. The first-order chi connectivity index (χ1) is 11.6. The molecule has 1 aliphatic rings. The van der Waals surface area contributed by atoms with Crippen molar-refractivity contribution in [2.45, 2.75) is 6.42 Å². The van der Waals surface area contributed by atoms with Crippen molar-refractivity contribution in [2.75, 3.05) is 4.72 Å². The minimum Gasteiger partial charge on any atom is -0.508 e. The van der Waals surface area contributed by atoms with Crippen LogP contribution in [0.2, 0.25) is 0 Å². The lowest BCUT2D eigenvalue weighted by Crippen LogP contribution is -2.17. The lowest BCUT2D eigenvalue weighted by molar-refractivity contribution is 0.148. The molecule has 0 amide bonds. The van der Waals surface area contributed by atoms with E-state index in [-0.39, 0.29) is 12.2 Å². The molecule has 0 fully saturated rings. The number of aromatic hydroxyl groups is 1. The van der Waals surface area contributed by atoms with Crippen molar-refractivity contribution in [1.82, 2.24) is 0 Å². The highest BCUT2D eigenvalue weighted by molar-refractivity contribution is 7.91. The first kappa shape index (κ1) is 16.5. The van der Waals surface area contributed by atoms with Gasteiger partial charge in [0, 0.05) is 16.8 Å². The van der Waals surface area contributed by atoms with E-state index in [1.165, 1.54) is 0 Å². The van der Waals surface area contributed by atoms with E-state index in [4.69, 9.17) is 17.5 Å². The van der Waals surface area contributed by atoms with Crippen LogP contribution in [0.25, 0.3) is 10.8 Å². The zero-order valence-corrected chi connectivity index (χ0v) is 14.0. The fraction of sp³-hybridized carbons (Fsp3) is 0.0625. The molecule has 1 aliphatic carbocycles. The number of oxime groups is 1. The number of rotatable bonds is 4. The van der Waals surface area contributed by atoms with Gasteiger partial charge in [-0.15, -0.1) is 5.90 Å². The SMILES string of the molecule is NO/N=C1\CC(Cl)=CC=C1S(=O)Nc1cccc2ccc(O)cc12. The van der Waals surface area contributed by atoms with Gasteiger partial charge in [-0.05, 0) is 35.7 Å². The van der Waals surface area contributed by atoms with E-state index < -0.39 is 11.0 Å². The first-order valence-electron chi connectivity index (χ1n) is 6.98. The Morgan fingerprint density at radius 1 is 1.29 bits per heavy atom. The van der Waals surface area contributed by atoms with Gasteiger partial charge in [-0.25, -0.2) is 4.21 Å². The third kappa shape index (κ3) is 3.43. The number of benzene rings is 2. The highest BCUT2D eigenvalue weighted by atomic mass is 35.5. The summed E-state index contributed by atoms with van der Waals surface area (Å²) >= 11 is 5.97. The van der Waals surface area contributed by atoms with Gasteiger partial charge < -0.3 is 14.8 Å². The van der Waals surface area contributed by atoms with Crippen molar-refractivity contribution < 1.29 is 14.3 Å². The predicted octanol–water partition coefficient (Wildman–Crippen LogP) is 3.28. The molecule has 0 saturated carbocycles. The lowest BCUT2D eigenvalue weighted by Gasteiger charge is -2.15. The largest absolute Gasteiger partial charge is 0.508 e. The highest BCUT2D eigenvalue weighted by Crippen LogP contribution is 2.29. The number of phenolic OH excluding ortho intramolecular Hbond substituents is 1. The van der Waals surface area contributed by atoms with Crippen LogP contribution in [0, 0.1) is 0 Å².